The number of hydroxylamine groups is 2. The number of ether oxygens (including phenoxy) is 5. The molecule has 4 N–H and O–H groups in total. The molecule has 0 amide bonds. The van der Waals surface area contributed by atoms with Gasteiger partial charge in [0.05, 0.1) is 27.4 Å². The van der Waals surface area contributed by atoms with Crippen LogP contribution >= 0.6 is 0 Å². The van der Waals surface area contributed by atoms with Crippen molar-refractivity contribution < 1.29 is 33.4 Å². The fourth-order valence-corrected chi connectivity index (χ4v) is 4.58. The van der Waals surface area contributed by atoms with Crippen LogP contribution in [0.2, 0.25) is 0 Å². The molecular formula is C32H45N3O7. The van der Waals surface area contributed by atoms with Gasteiger partial charge >= 0.3 is 0 Å². The van der Waals surface area contributed by atoms with Crippen LogP contribution in [0, 0.1) is 0 Å². The van der Waals surface area contributed by atoms with Gasteiger partial charge in [-0.3, -0.25) is 9.68 Å². The molecule has 42 heavy (non-hydrogen) atoms. The lowest BCUT2D eigenvalue weighted by molar-refractivity contribution is -0.361. The van der Waals surface area contributed by atoms with Gasteiger partial charge in [0.2, 0.25) is 19.3 Å². The molecule has 0 saturated heterocycles. The third-order valence-electron chi connectivity index (χ3n) is 6.36. The number of nitrogens with zero attached hydrogens (tertiary/aromatic N) is 1. The number of rotatable bonds is 10. The van der Waals surface area contributed by atoms with Crippen molar-refractivity contribution in [3.05, 3.63) is 77.4 Å². The Kier molecular flexibility index (Phi) is 13.2. The zero-order valence-electron chi connectivity index (χ0n) is 25.5. The zero-order valence-corrected chi connectivity index (χ0v) is 25.5. The Morgan fingerprint density at radius 2 is 1.26 bits per heavy atom. The molecule has 3 aromatic carbocycles. The molecule has 0 fully saturated rings. The predicted molar refractivity (Wildman–Crippen MR) is 162 cm³/mol. The van der Waals surface area contributed by atoms with Crippen molar-refractivity contribution >= 4 is 0 Å². The van der Waals surface area contributed by atoms with E-state index in [9.17, 15) is 0 Å². The van der Waals surface area contributed by atoms with Crippen LogP contribution in [0.5, 0.6) is 28.7 Å². The van der Waals surface area contributed by atoms with Crippen molar-refractivity contribution in [3.63, 3.8) is 0 Å². The lowest BCUT2D eigenvalue weighted by atomic mass is 10.1. The molecular weight excluding hydrogens is 538 g/mol. The Balaban J connectivity index is 0.000000173. The minimum Gasteiger partial charge on any atom is -0.493 e. The van der Waals surface area contributed by atoms with Crippen LogP contribution < -0.4 is 35.2 Å². The summed E-state index contributed by atoms with van der Waals surface area (Å²) < 4.78 is 26.3. The van der Waals surface area contributed by atoms with E-state index in [-0.39, 0.29) is 24.9 Å². The molecule has 0 aromatic heterocycles. The van der Waals surface area contributed by atoms with Crippen LogP contribution in [0.25, 0.3) is 0 Å². The van der Waals surface area contributed by atoms with Gasteiger partial charge in [0.15, 0.2) is 23.0 Å². The summed E-state index contributed by atoms with van der Waals surface area (Å²) in [7, 11) is 4.82. The smallest absolute Gasteiger partial charge is 0.231 e. The molecule has 0 saturated carbocycles. The largest absolute Gasteiger partial charge is 0.493 e. The van der Waals surface area contributed by atoms with Crippen molar-refractivity contribution in [1.82, 2.24) is 5.23 Å². The Labute approximate surface area is 249 Å². The fourth-order valence-electron chi connectivity index (χ4n) is 4.58. The van der Waals surface area contributed by atoms with Gasteiger partial charge in [-0.05, 0) is 81.0 Å². The highest BCUT2D eigenvalue weighted by Gasteiger charge is 2.20. The van der Waals surface area contributed by atoms with Gasteiger partial charge in [-0.15, -0.1) is 0 Å². The van der Waals surface area contributed by atoms with Gasteiger partial charge in [0.1, 0.15) is 0 Å². The second kappa shape index (κ2) is 16.8. The number of fused-ring (bicyclic) bond motifs is 2. The van der Waals surface area contributed by atoms with E-state index in [1.165, 1.54) is 16.4 Å². The van der Waals surface area contributed by atoms with Crippen molar-refractivity contribution in [2.45, 2.75) is 58.2 Å². The highest BCUT2D eigenvalue weighted by Crippen LogP contribution is 2.42. The predicted octanol–water partition coefficient (Wildman–Crippen LogP) is 4.66. The first-order chi connectivity index (χ1) is 20.2. The molecule has 10 nitrogen and oxygen atoms in total. The maximum atomic E-state index is 5.75. The summed E-state index contributed by atoms with van der Waals surface area (Å²) in [5.41, 5.74) is 15.0. The van der Waals surface area contributed by atoms with E-state index in [4.69, 9.17) is 44.8 Å². The Morgan fingerprint density at radius 3 is 1.90 bits per heavy atom. The van der Waals surface area contributed by atoms with E-state index < -0.39 is 0 Å². The third kappa shape index (κ3) is 10.1. The summed E-state index contributed by atoms with van der Waals surface area (Å²) in [5, 5.41) is 1.49. The van der Waals surface area contributed by atoms with E-state index in [1.807, 2.05) is 62.4 Å². The number of hydrogen-bond donors (Lipinski definition) is 2. The second-order valence-electron chi connectivity index (χ2n) is 10.3. The first-order valence-electron chi connectivity index (χ1n) is 14.0. The van der Waals surface area contributed by atoms with E-state index in [0.717, 1.165) is 42.1 Å². The van der Waals surface area contributed by atoms with E-state index >= 15 is 0 Å². The molecule has 2 aliphatic rings. The maximum absolute atomic E-state index is 5.75. The molecule has 5 rings (SSSR count). The molecule has 3 atom stereocenters. The number of nitrogens with two attached hydrogens (primary N) is 2. The minimum atomic E-state index is 0.120. The minimum absolute atomic E-state index is 0.120. The van der Waals surface area contributed by atoms with Crippen molar-refractivity contribution in [2.75, 3.05) is 34.9 Å². The van der Waals surface area contributed by atoms with Crippen LogP contribution in [-0.4, -0.2) is 58.3 Å². The highest BCUT2D eigenvalue weighted by molar-refractivity contribution is 5.55. The Bertz CT molecular complexity index is 1220. The second-order valence-corrected chi connectivity index (χ2v) is 10.3. The van der Waals surface area contributed by atoms with E-state index in [1.54, 1.807) is 21.3 Å². The van der Waals surface area contributed by atoms with Crippen molar-refractivity contribution in [1.29, 1.82) is 0 Å². The molecule has 2 aliphatic heterocycles. The first kappa shape index (κ1) is 33.0. The first-order valence-corrected chi connectivity index (χ1v) is 14.0. The van der Waals surface area contributed by atoms with Gasteiger partial charge in [0, 0.05) is 12.1 Å². The van der Waals surface area contributed by atoms with Gasteiger partial charge in [-0.2, -0.15) is 0 Å². The molecule has 0 spiro atoms. The lowest BCUT2D eigenvalue weighted by Crippen LogP contribution is -2.32. The van der Waals surface area contributed by atoms with Crippen LogP contribution in [0.15, 0.2) is 60.7 Å². The molecule has 0 bridgehead atoms. The fraction of sp³-hybridized carbons (Fsp3) is 0.438. The Morgan fingerprint density at radius 1 is 0.667 bits per heavy atom. The summed E-state index contributed by atoms with van der Waals surface area (Å²) >= 11 is 0. The quantitative estimate of drug-likeness (QED) is 0.326. The van der Waals surface area contributed by atoms with Crippen molar-refractivity contribution in [3.8, 4) is 28.7 Å². The molecule has 2 heterocycles. The summed E-state index contributed by atoms with van der Waals surface area (Å²) in [6.45, 7) is 6.60. The SMILES string of the molecule is CC(N)Cc1ccc2c(c1)OCO2.CON(OC)C(C)Cc1ccccc1.COc1cc(CC(C)N)cc2c1OCO2. The molecule has 0 aliphatic carbocycles. The molecule has 0 radical (unpaired) electrons. The van der Waals surface area contributed by atoms with E-state index in [0.29, 0.717) is 18.3 Å². The van der Waals surface area contributed by atoms with Crippen LogP contribution in [0.3, 0.4) is 0 Å². The van der Waals surface area contributed by atoms with Crippen molar-refractivity contribution in [2.24, 2.45) is 11.5 Å². The monoisotopic (exact) mass is 583 g/mol. The number of benzene rings is 3. The zero-order chi connectivity index (χ0) is 30.5. The topological polar surface area (TPSA) is 120 Å². The molecule has 230 valence electrons. The number of hydrogen-bond acceptors (Lipinski definition) is 10. The van der Waals surface area contributed by atoms with Crippen LogP contribution in [-0.2, 0) is 28.9 Å². The third-order valence-corrected chi connectivity index (χ3v) is 6.36. The standard InChI is InChI=1S/C11H15NO3.C11H17NO2.C10H13NO2/c1-7(12)3-8-4-9(13-2)11-10(5-8)14-6-15-11;1-10(12(13-2)14-3)9-11-7-5-4-6-8-11;1-7(11)4-8-2-3-9-10(5-8)13-6-12-9/h4-5,7H,3,6,12H2,1-2H3;4-8,10H,9H2,1-3H3;2-3,5,7H,4,6,11H2,1H3. The summed E-state index contributed by atoms with van der Waals surface area (Å²) in [6, 6.07) is 20.6. The highest BCUT2D eigenvalue weighted by atomic mass is 16.9. The molecule has 3 unspecified atom stereocenters. The number of methoxy groups -OCH3 is 1. The average molecular weight is 584 g/mol. The van der Waals surface area contributed by atoms with Gasteiger partial charge in [-0.1, -0.05) is 41.6 Å². The van der Waals surface area contributed by atoms with E-state index in [2.05, 4.69) is 19.1 Å². The maximum Gasteiger partial charge on any atom is 0.231 e. The average Bonchev–Trinajstić information content (AvgIpc) is 3.63. The van der Waals surface area contributed by atoms with Gasteiger partial charge in [-0.25, -0.2) is 0 Å². The van der Waals surface area contributed by atoms with Crippen LogP contribution in [0.4, 0.5) is 0 Å². The van der Waals surface area contributed by atoms with Crippen LogP contribution in [0.1, 0.15) is 37.5 Å². The summed E-state index contributed by atoms with van der Waals surface area (Å²) in [6.07, 6.45) is 2.58. The molecule has 3 aromatic rings. The summed E-state index contributed by atoms with van der Waals surface area (Å²) in [4.78, 5) is 10.1. The Hall–Kier alpha value is -3.54. The normalized spacial score (nSPS) is 14.7. The van der Waals surface area contributed by atoms with Gasteiger partial charge in [0.25, 0.3) is 0 Å². The lowest BCUT2D eigenvalue weighted by Gasteiger charge is -2.23. The molecule has 10 heteroatoms. The van der Waals surface area contributed by atoms with Gasteiger partial charge < -0.3 is 35.2 Å². The summed E-state index contributed by atoms with van der Waals surface area (Å²) in [5.74, 6) is 3.79.